The highest BCUT2D eigenvalue weighted by Crippen LogP contribution is 2.49. The fraction of sp³-hybridized carbons (Fsp3) is 0.600. The number of nitrogens with zero attached hydrogens (tertiary/aromatic N) is 6. The number of aryl methyl sites for hydroxylation is 1. The van der Waals surface area contributed by atoms with Crippen LogP contribution in [-0.4, -0.2) is 68.7 Å². The Kier molecular flexibility index (Phi) is 4.95. The van der Waals surface area contributed by atoms with Crippen molar-refractivity contribution in [2.24, 2.45) is 5.41 Å². The van der Waals surface area contributed by atoms with Crippen LogP contribution in [0.15, 0.2) is 30.9 Å². The van der Waals surface area contributed by atoms with Gasteiger partial charge in [0.1, 0.15) is 12.2 Å². The van der Waals surface area contributed by atoms with E-state index in [1.54, 1.807) is 24.5 Å². The molecule has 4 rings (SSSR count). The third kappa shape index (κ3) is 3.36. The van der Waals surface area contributed by atoms with Gasteiger partial charge in [-0.25, -0.2) is 0 Å². The smallest absolute Gasteiger partial charge is 0.253 e. The quantitative estimate of drug-likeness (QED) is 0.826. The molecule has 2 saturated heterocycles. The third-order valence-electron chi connectivity index (χ3n) is 6.21. The van der Waals surface area contributed by atoms with Gasteiger partial charge in [-0.2, -0.15) is 0 Å². The maximum atomic E-state index is 12.8. The third-order valence-corrected chi connectivity index (χ3v) is 6.21. The Balaban J connectivity index is 1.51. The van der Waals surface area contributed by atoms with Gasteiger partial charge in [-0.15, -0.1) is 10.2 Å². The van der Waals surface area contributed by atoms with Crippen molar-refractivity contribution in [1.29, 1.82) is 0 Å². The van der Waals surface area contributed by atoms with Gasteiger partial charge in [0.2, 0.25) is 0 Å². The van der Waals surface area contributed by atoms with E-state index in [0.717, 1.165) is 63.4 Å². The molecule has 27 heavy (non-hydrogen) atoms. The van der Waals surface area contributed by atoms with E-state index in [-0.39, 0.29) is 11.3 Å². The topological polar surface area (TPSA) is 67.2 Å². The standard InChI is InChI=1S/C20H28N6O/c1-3-10-26-15-22-23-18(26)17-13-24(2)14-20(17)6-11-25(12-7-20)19(27)16-4-8-21-9-5-16/h4-5,8-9,15,17H,3,6-7,10-14H2,1-2H3. The molecule has 1 amide bonds. The number of aromatic nitrogens is 4. The second-order valence-electron chi connectivity index (χ2n) is 8.02. The molecule has 0 aromatic carbocycles. The van der Waals surface area contributed by atoms with Crippen molar-refractivity contribution in [2.45, 2.75) is 38.6 Å². The summed E-state index contributed by atoms with van der Waals surface area (Å²) in [4.78, 5) is 21.2. The van der Waals surface area contributed by atoms with E-state index in [2.05, 4.69) is 38.6 Å². The highest BCUT2D eigenvalue weighted by atomic mass is 16.2. The van der Waals surface area contributed by atoms with Gasteiger partial charge in [0, 0.05) is 56.6 Å². The minimum absolute atomic E-state index is 0.115. The number of hydrogen-bond donors (Lipinski definition) is 0. The van der Waals surface area contributed by atoms with Crippen LogP contribution >= 0.6 is 0 Å². The SMILES string of the molecule is CCCn1cnnc1C1CN(C)CC12CCN(C(=O)c1ccncc1)CC2. The summed E-state index contributed by atoms with van der Waals surface area (Å²) in [6.07, 6.45) is 8.33. The van der Waals surface area contributed by atoms with E-state index in [0.29, 0.717) is 5.92 Å². The van der Waals surface area contributed by atoms with E-state index < -0.39 is 0 Å². The first-order valence-electron chi connectivity index (χ1n) is 9.88. The molecule has 7 nitrogen and oxygen atoms in total. The Hall–Kier alpha value is -2.28. The maximum Gasteiger partial charge on any atom is 0.253 e. The van der Waals surface area contributed by atoms with Crippen molar-refractivity contribution < 1.29 is 4.79 Å². The van der Waals surface area contributed by atoms with Gasteiger partial charge in [0.15, 0.2) is 0 Å². The molecule has 2 aliphatic heterocycles. The van der Waals surface area contributed by atoms with Gasteiger partial charge in [-0.3, -0.25) is 9.78 Å². The normalized spacial score (nSPS) is 22.4. The van der Waals surface area contributed by atoms with Crippen molar-refractivity contribution in [3.8, 4) is 0 Å². The molecule has 0 N–H and O–H groups in total. The molecule has 2 aromatic heterocycles. The maximum absolute atomic E-state index is 12.8. The number of amides is 1. The molecular weight excluding hydrogens is 340 g/mol. The first-order chi connectivity index (χ1) is 13.1. The Bertz CT molecular complexity index is 781. The van der Waals surface area contributed by atoms with Gasteiger partial charge >= 0.3 is 0 Å². The molecule has 1 atom stereocenters. The molecule has 4 heterocycles. The number of likely N-dealkylation sites (tertiary alicyclic amines) is 2. The van der Waals surface area contributed by atoms with Gasteiger partial charge in [0.25, 0.3) is 5.91 Å². The zero-order chi connectivity index (χ0) is 18.9. The van der Waals surface area contributed by atoms with E-state index in [1.807, 2.05) is 11.2 Å². The summed E-state index contributed by atoms with van der Waals surface area (Å²) in [6.45, 7) is 6.82. The van der Waals surface area contributed by atoms with Crippen molar-refractivity contribution in [3.05, 3.63) is 42.2 Å². The molecule has 0 aliphatic carbocycles. The average molecular weight is 368 g/mol. The number of pyridine rings is 1. The molecule has 2 aromatic rings. The van der Waals surface area contributed by atoms with Crippen LogP contribution in [0, 0.1) is 5.41 Å². The van der Waals surface area contributed by atoms with Crippen molar-refractivity contribution in [3.63, 3.8) is 0 Å². The number of carbonyl (C=O) groups excluding carboxylic acids is 1. The molecule has 1 spiro atoms. The fourth-order valence-electron chi connectivity index (χ4n) is 4.86. The minimum atomic E-state index is 0.115. The van der Waals surface area contributed by atoms with Crippen LogP contribution < -0.4 is 0 Å². The zero-order valence-corrected chi connectivity index (χ0v) is 16.2. The summed E-state index contributed by atoms with van der Waals surface area (Å²) in [5, 5.41) is 8.70. The van der Waals surface area contributed by atoms with Crippen LogP contribution in [0.2, 0.25) is 0 Å². The summed E-state index contributed by atoms with van der Waals surface area (Å²) in [7, 11) is 2.19. The molecule has 0 radical (unpaired) electrons. The Morgan fingerprint density at radius 1 is 1.26 bits per heavy atom. The van der Waals surface area contributed by atoms with Crippen molar-refractivity contribution in [1.82, 2.24) is 29.5 Å². The summed E-state index contributed by atoms with van der Waals surface area (Å²) in [6, 6.07) is 3.60. The van der Waals surface area contributed by atoms with Gasteiger partial charge < -0.3 is 14.4 Å². The predicted molar refractivity (Wildman–Crippen MR) is 102 cm³/mol. The van der Waals surface area contributed by atoms with E-state index >= 15 is 0 Å². The van der Waals surface area contributed by atoms with Crippen LogP contribution in [0.25, 0.3) is 0 Å². The van der Waals surface area contributed by atoms with Crippen LogP contribution in [0.3, 0.4) is 0 Å². The fourth-order valence-corrected chi connectivity index (χ4v) is 4.86. The number of piperidine rings is 1. The zero-order valence-electron chi connectivity index (χ0n) is 16.2. The van der Waals surface area contributed by atoms with Crippen molar-refractivity contribution in [2.75, 3.05) is 33.2 Å². The van der Waals surface area contributed by atoms with E-state index in [1.165, 1.54) is 0 Å². The molecule has 0 bridgehead atoms. The summed E-state index contributed by atoms with van der Waals surface area (Å²) in [5.41, 5.74) is 0.909. The van der Waals surface area contributed by atoms with Gasteiger partial charge in [-0.05, 0) is 43.9 Å². The first kappa shape index (κ1) is 18.1. The van der Waals surface area contributed by atoms with Crippen LogP contribution in [-0.2, 0) is 6.54 Å². The average Bonchev–Trinajstić information content (AvgIpc) is 3.27. The van der Waals surface area contributed by atoms with E-state index in [4.69, 9.17) is 0 Å². The molecule has 7 heteroatoms. The Morgan fingerprint density at radius 2 is 2.00 bits per heavy atom. The summed E-state index contributed by atoms with van der Waals surface area (Å²) in [5.74, 6) is 1.62. The van der Waals surface area contributed by atoms with Crippen molar-refractivity contribution >= 4 is 5.91 Å². The molecular formula is C20H28N6O. The predicted octanol–water partition coefficient (Wildman–Crippen LogP) is 2.03. The monoisotopic (exact) mass is 368 g/mol. The number of hydrogen-bond acceptors (Lipinski definition) is 5. The summed E-state index contributed by atoms with van der Waals surface area (Å²) < 4.78 is 2.22. The van der Waals surface area contributed by atoms with Crippen LogP contribution in [0.1, 0.15) is 48.3 Å². The lowest BCUT2D eigenvalue weighted by Gasteiger charge is -2.42. The lowest BCUT2D eigenvalue weighted by Crippen LogP contribution is -2.46. The van der Waals surface area contributed by atoms with Gasteiger partial charge in [0.05, 0.1) is 0 Å². The molecule has 0 saturated carbocycles. The number of rotatable bonds is 4. The lowest BCUT2D eigenvalue weighted by atomic mass is 9.70. The minimum Gasteiger partial charge on any atom is -0.339 e. The Morgan fingerprint density at radius 3 is 2.70 bits per heavy atom. The van der Waals surface area contributed by atoms with E-state index in [9.17, 15) is 4.79 Å². The van der Waals surface area contributed by atoms with Crippen LogP contribution in [0.5, 0.6) is 0 Å². The Labute approximate surface area is 160 Å². The first-order valence-corrected chi connectivity index (χ1v) is 9.88. The number of carbonyl (C=O) groups is 1. The second kappa shape index (κ2) is 7.38. The molecule has 2 fully saturated rings. The largest absolute Gasteiger partial charge is 0.339 e. The highest BCUT2D eigenvalue weighted by Gasteiger charge is 2.49. The molecule has 1 unspecified atom stereocenters. The molecule has 144 valence electrons. The second-order valence-corrected chi connectivity index (χ2v) is 8.02. The van der Waals surface area contributed by atoms with Gasteiger partial charge in [-0.1, -0.05) is 6.92 Å². The highest BCUT2D eigenvalue weighted by molar-refractivity contribution is 5.94. The molecule has 2 aliphatic rings. The lowest BCUT2D eigenvalue weighted by molar-refractivity contribution is 0.0560. The van der Waals surface area contributed by atoms with Crippen LogP contribution in [0.4, 0.5) is 0 Å². The summed E-state index contributed by atoms with van der Waals surface area (Å²) >= 11 is 0. The number of likely N-dealkylation sites (N-methyl/N-ethyl adjacent to an activating group) is 1.